The Morgan fingerprint density at radius 2 is 1.94 bits per heavy atom. The molecule has 17 heavy (non-hydrogen) atoms. The van der Waals surface area contributed by atoms with Crippen molar-refractivity contribution >= 4 is 11.9 Å². The summed E-state index contributed by atoms with van der Waals surface area (Å²) in [6, 6.07) is 0. The Bertz CT molecular complexity index is 202. The fourth-order valence-corrected chi connectivity index (χ4v) is 0.434. The normalized spacial score (nSPS) is 8.06. The molecular weight excluding hydrogens is 222 g/mol. The molecule has 0 aliphatic carbocycles. The van der Waals surface area contributed by atoms with Crippen molar-refractivity contribution in [1.29, 1.82) is 5.41 Å². The third-order valence-corrected chi connectivity index (χ3v) is 1.11. The van der Waals surface area contributed by atoms with Crippen LogP contribution in [0.1, 0.15) is 27.2 Å². The van der Waals surface area contributed by atoms with Gasteiger partial charge in [0, 0.05) is 13.5 Å². The maximum atomic E-state index is 9.93. The van der Waals surface area contributed by atoms with Crippen molar-refractivity contribution in [3.63, 3.8) is 0 Å². The van der Waals surface area contributed by atoms with Crippen LogP contribution in [0.2, 0.25) is 0 Å². The van der Waals surface area contributed by atoms with E-state index in [1.807, 2.05) is 0 Å². The summed E-state index contributed by atoms with van der Waals surface area (Å²) in [6.45, 7) is 9.55. The SMILES string of the molecule is C=CCOC(C)=O.CC(C)CCO.N=C(N)N. The Labute approximate surface area is 103 Å². The molecule has 6 N–H and O–H groups in total. The number of esters is 1. The Morgan fingerprint density at radius 1 is 1.53 bits per heavy atom. The Balaban J connectivity index is -0.000000180. The van der Waals surface area contributed by atoms with Gasteiger partial charge in [-0.3, -0.25) is 10.2 Å². The van der Waals surface area contributed by atoms with Crippen LogP contribution in [0, 0.1) is 11.3 Å². The number of guanidine groups is 1. The molecule has 0 saturated heterocycles. The van der Waals surface area contributed by atoms with E-state index in [4.69, 9.17) is 10.5 Å². The average Bonchev–Trinajstić information content (AvgIpc) is 2.14. The predicted octanol–water partition coefficient (Wildman–Crippen LogP) is 0.599. The van der Waals surface area contributed by atoms with Gasteiger partial charge in [0.2, 0.25) is 0 Å². The first-order valence-corrected chi connectivity index (χ1v) is 5.22. The van der Waals surface area contributed by atoms with Gasteiger partial charge in [0.05, 0.1) is 0 Å². The zero-order valence-electron chi connectivity index (χ0n) is 10.9. The lowest BCUT2D eigenvalue weighted by atomic mass is 10.2. The van der Waals surface area contributed by atoms with Gasteiger partial charge in [-0.05, 0) is 12.3 Å². The van der Waals surface area contributed by atoms with Gasteiger partial charge in [0.15, 0.2) is 5.96 Å². The molecule has 0 heterocycles. The molecule has 102 valence electrons. The number of rotatable bonds is 4. The van der Waals surface area contributed by atoms with Crippen molar-refractivity contribution in [2.45, 2.75) is 27.2 Å². The number of carbonyl (C=O) groups excluding carboxylic acids is 1. The van der Waals surface area contributed by atoms with Crippen molar-refractivity contribution in [2.75, 3.05) is 13.2 Å². The van der Waals surface area contributed by atoms with Crippen LogP contribution in [0.3, 0.4) is 0 Å². The van der Waals surface area contributed by atoms with Gasteiger partial charge in [-0.2, -0.15) is 0 Å². The van der Waals surface area contributed by atoms with E-state index in [1.54, 1.807) is 0 Å². The molecule has 6 nitrogen and oxygen atoms in total. The number of nitrogens with two attached hydrogens (primary N) is 2. The molecule has 0 unspecified atom stereocenters. The highest BCUT2D eigenvalue weighted by molar-refractivity contribution is 5.71. The van der Waals surface area contributed by atoms with Gasteiger partial charge in [0.1, 0.15) is 6.61 Å². The van der Waals surface area contributed by atoms with Crippen LogP contribution in [0.15, 0.2) is 12.7 Å². The quantitative estimate of drug-likeness (QED) is 0.251. The third kappa shape index (κ3) is 75.5. The zero-order chi connectivity index (χ0) is 14.3. The van der Waals surface area contributed by atoms with Crippen LogP contribution < -0.4 is 11.5 Å². The van der Waals surface area contributed by atoms with Crippen LogP contribution in [0.4, 0.5) is 0 Å². The third-order valence-electron chi connectivity index (χ3n) is 1.11. The first-order valence-electron chi connectivity index (χ1n) is 5.22. The summed E-state index contributed by atoms with van der Waals surface area (Å²) in [7, 11) is 0. The molecule has 0 aromatic carbocycles. The highest BCUT2D eigenvalue weighted by atomic mass is 16.5. The molecule has 0 rings (SSSR count). The lowest BCUT2D eigenvalue weighted by Gasteiger charge is -1.95. The molecule has 0 aliphatic rings. The lowest BCUT2D eigenvalue weighted by Crippen LogP contribution is -2.20. The second kappa shape index (κ2) is 16.9. The van der Waals surface area contributed by atoms with Crippen molar-refractivity contribution < 1.29 is 14.6 Å². The van der Waals surface area contributed by atoms with Crippen molar-refractivity contribution in [1.82, 2.24) is 0 Å². The van der Waals surface area contributed by atoms with Gasteiger partial charge in [-0.25, -0.2) is 0 Å². The van der Waals surface area contributed by atoms with Crippen molar-refractivity contribution in [3.05, 3.63) is 12.7 Å². The van der Waals surface area contributed by atoms with Crippen molar-refractivity contribution in [3.8, 4) is 0 Å². The topological polar surface area (TPSA) is 122 Å². The van der Waals surface area contributed by atoms with E-state index in [1.165, 1.54) is 13.0 Å². The zero-order valence-corrected chi connectivity index (χ0v) is 10.9. The van der Waals surface area contributed by atoms with E-state index in [0.717, 1.165) is 6.42 Å². The molecule has 0 spiro atoms. The summed E-state index contributed by atoms with van der Waals surface area (Å²) >= 11 is 0. The second-order valence-corrected chi connectivity index (χ2v) is 3.45. The molecule has 0 aromatic heterocycles. The lowest BCUT2D eigenvalue weighted by molar-refractivity contribution is -0.139. The van der Waals surface area contributed by atoms with Crippen LogP contribution >= 0.6 is 0 Å². The summed E-state index contributed by atoms with van der Waals surface area (Å²) in [5.74, 6) is 0.0508. The fourth-order valence-electron chi connectivity index (χ4n) is 0.434. The number of nitrogens with one attached hydrogen (secondary N) is 1. The number of carbonyl (C=O) groups is 1. The van der Waals surface area contributed by atoms with E-state index >= 15 is 0 Å². The summed E-state index contributed by atoms with van der Waals surface area (Å²) in [4.78, 5) is 9.93. The molecule has 0 atom stereocenters. The van der Waals surface area contributed by atoms with Gasteiger partial charge in [0.25, 0.3) is 0 Å². The molecule has 6 heteroatoms. The highest BCUT2D eigenvalue weighted by Gasteiger charge is 1.86. The summed E-state index contributed by atoms with van der Waals surface area (Å²) in [5.41, 5.74) is 8.94. The summed E-state index contributed by atoms with van der Waals surface area (Å²) in [5, 5.41) is 14.3. The Morgan fingerprint density at radius 3 is 2.00 bits per heavy atom. The molecule has 0 amide bonds. The maximum absolute atomic E-state index is 9.93. The van der Waals surface area contributed by atoms with Crippen LogP contribution in [0.5, 0.6) is 0 Å². The maximum Gasteiger partial charge on any atom is 0.302 e. The molecule has 0 fully saturated rings. The number of aliphatic hydroxyl groups excluding tert-OH is 1. The Kier molecular flexibility index (Phi) is 20.6. The highest BCUT2D eigenvalue weighted by Crippen LogP contribution is 1.94. The predicted molar refractivity (Wildman–Crippen MR) is 69.5 cm³/mol. The number of ether oxygens (including phenoxy) is 1. The summed E-state index contributed by atoms with van der Waals surface area (Å²) in [6.07, 6.45) is 2.46. The first kappa shape index (κ1) is 20.8. The number of hydrogen-bond donors (Lipinski definition) is 4. The standard InChI is InChI=1S/C5H8O2.C5H12O.CH5N3/c1-3-4-7-5(2)6;1-5(2)3-4-6;2-1(3)4/h3H,1,4H2,2H3;5-6H,3-4H2,1-2H3;(H5,2,3,4). The summed E-state index contributed by atoms with van der Waals surface area (Å²) < 4.78 is 4.43. The van der Waals surface area contributed by atoms with Gasteiger partial charge < -0.3 is 21.3 Å². The molecule has 0 radical (unpaired) electrons. The molecule has 0 saturated carbocycles. The molecular formula is C11H25N3O3. The first-order chi connectivity index (χ1) is 7.77. The fraction of sp³-hybridized carbons (Fsp3) is 0.636. The van der Waals surface area contributed by atoms with Crippen LogP contribution in [-0.2, 0) is 9.53 Å². The number of aliphatic hydroxyl groups is 1. The van der Waals surface area contributed by atoms with E-state index < -0.39 is 0 Å². The van der Waals surface area contributed by atoms with E-state index in [0.29, 0.717) is 19.1 Å². The molecule has 0 aliphatic heterocycles. The van der Waals surface area contributed by atoms with E-state index in [2.05, 4.69) is 36.6 Å². The minimum Gasteiger partial charge on any atom is -0.462 e. The minimum atomic E-state index is -0.333. The average molecular weight is 247 g/mol. The van der Waals surface area contributed by atoms with Gasteiger partial charge in [-0.1, -0.05) is 26.5 Å². The smallest absolute Gasteiger partial charge is 0.302 e. The van der Waals surface area contributed by atoms with Gasteiger partial charge >= 0.3 is 5.97 Å². The number of hydrogen-bond acceptors (Lipinski definition) is 4. The minimum absolute atomic E-state index is 0.264. The van der Waals surface area contributed by atoms with Crippen LogP contribution in [-0.4, -0.2) is 30.2 Å². The molecule has 0 bridgehead atoms. The van der Waals surface area contributed by atoms with Crippen molar-refractivity contribution in [2.24, 2.45) is 17.4 Å². The second-order valence-electron chi connectivity index (χ2n) is 3.45. The van der Waals surface area contributed by atoms with E-state index in [9.17, 15) is 4.79 Å². The van der Waals surface area contributed by atoms with E-state index in [-0.39, 0.29) is 11.9 Å². The monoisotopic (exact) mass is 247 g/mol. The largest absolute Gasteiger partial charge is 0.462 e. The van der Waals surface area contributed by atoms with Gasteiger partial charge in [-0.15, -0.1) is 0 Å². The Hall–Kier alpha value is -1.56. The van der Waals surface area contributed by atoms with Crippen LogP contribution in [0.25, 0.3) is 0 Å². The molecule has 0 aromatic rings.